The highest BCUT2D eigenvalue weighted by Crippen LogP contribution is 2.24. The molecule has 25 heavy (non-hydrogen) atoms. The topological polar surface area (TPSA) is 30.0 Å². The number of hydrogen-bond acceptors (Lipinski definition) is 4. The summed E-state index contributed by atoms with van der Waals surface area (Å²) in [5, 5.41) is 0. The van der Waals surface area contributed by atoms with E-state index >= 15 is 0 Å². The molecular formula is C20H32N4O. The molecule has 0 aromatic heterocycles. The van der Waals surface area contributed by atoms with E-state index in [1.807, 2.05) is 6.07 Å². The maximum Gasteiger partial charge on any atom is 0.236 e. The van der Waals surface area contributed by atoms with E-state index < -0.39 is 0 Å². The molecule has 2 aliphatic rings. The van der Waals surface area contributed by atoms with Gasteiger partial charge in [0.15, 0.2) is 0 Å². The smallest absolute Gasteiger partial charge is 0.236 e. The van der Waals surface area contributed by atoms with Crippen molar-refractivity contribution in [2.75, 3.05) is 60.4 Å². The predicted octanol–water partition coefficient (Wildman–Crippen LogP) is 1.53. The molecule has 0 saturated carbocycles. The fourth-order valence-electron chi connectivity index (χ4n) is 4.01. The number of carbonyl (C=O) groups excluding carboxylic acids is 1. The number of hydrogen-bond donors (Lipinski definition) is 0. The Hall–Kier alpha value is -1.43. The molecule has 1 unspecified atom stereocenters. The maximum absolute atomic E-state index is 12.9. The summed E-state index contributed by atoms with van der Waals surface area (Å²) in [4.78, 5) is 21.9. The number of nitrogens with zero attached hydrogens (tertiary/aromatic N) is 4. The van der Waals surface area contributed by atoms with Crippen LogP contribution in [0.25, 0.3) is 0 Å². The molecule has 1 aromatic carbocycles. The molecule has 1 aromatic rings. The Morgan fingerprint density at radius 2 is 1.76 bits per heavy atom. The molecule has 0 bridgehead atoms. The molecule has 5 heteroatoms. The van der Waals surface area contributed by atoms with Gasteiger partial charge in [0.25, 0.3) is 0 Å². The molecule has 2 saturated heterocycles. The van der Waals surface area contributed by atoms with E-state index in [1.54, 1.807) is 0 Å². The minimum atomic E-state index is 0.274. The Morgan fingerprint density at radius 3 is 2.44 bits per heavy atom. The van der Waals surface area contributed by atoms with Gasteiger partial charge in [-0.1, -0.05) is 30.3 Å². The Labute approximate surface area is 152 Å². The van der Waals surface area contributed by atoms with Crippen molar-refractivity contribution in [3.05, 3.63) is 35.9 Å². The second-order valence-electron chi connectivity index (χ2n) is 7.70. The Kier molecular flexibility index (Phi) is 6.10. The van der Waals surface area contributed by atoms with Gasteiger partial charge in [0, 0.05) is 25.7 Å². The van der Waals surface area contributed by atoms with Gasteiger partial charge in [-0.3, -0.25) is 14.6 Å². The highest BCUT2D eigenvalue weighted by atomic mass is 16.2. The molecule has 5 nitrogen and oxygen atoms in total. The molecule has 0 radical (unpaired) electrons. The lowest BCUT2D eigenvalue weighted by Gasteiger charge is -2.41. The minimum absolute atomic E-state index is 0.274. The third-order valence-corrected chi connectivity index (χ3v) is 5.88. The van der Waals surface area contributed by atoms with Crippen LogP contribution >= 0.6 is 0 Å². The van der Waals surface area contributed by atoms with E-state index in [1.165, 1.54) is 5.56 Å². The summed E-state index contributed by atoms with van der Waals surface area (Å²) < 4.78 is 0. The van der Waals surface area contributed by atoms with Crippen molar-refractivity contribution in [3.8, 4) is 0 Å². The molecule has 2 aliphatic heterocycles. The van der Waals surface area contributed by atoms with Gasteiger partial charge in [-0.2, -0.15) is 0 Å². The summed E-state index contributed by atoms with van der Waals surface area (Å²) in [6.07, 6.45) is 2.32. The third kappa shape index (κ3) is 4.60. The number of amides is 1. The number of piperazine rings is 1. The lowest BCUT2D eigenvalue weighted by atomic mass is 10.0. The largest absolute Gasteiger partial charge is 0.338 e. The SMILES string of the molecule is CN1CCC(N(C)CC(=O)N2CCN(C)C(c3ccccc3)C2)CC1. The van der Waals surface area contributed by atoms with Gasteiger partial charge >= 0.3 is 0 Å². The van der Waals surface area contributed by atoms with Crippen molar-refractivity contribution in [2.45, 2.75) is 24.9 Å². The Bertz CT molecular complexity index is 556. The summed E-state index contributed by atoms with van der Waals surface area (Å²) in [6.45, 7) is 5.37. The molecule has 138 valence electrons. The van der Waals surface area contributed by atoms with Crippen molar-refractivity contribution >= 4 is 5.91 Å². The van der Waals surface area contributed by atoms with Gasteiger partial charge in [0.05, 0.1) is 12.6 Å². The number of benzene rings is 1. The van der Waals surface area contributed by atoms with Gasteiger partial charge in [-0.05, 0) is 52.6 Å². The molecule has 3 rings (SSSR count). The van der Waals surface area contributed by atoms with Crippen molar-refractivity contribution in [2.24, 2.45) is 0 Å². The van der Waals surface area contributed by atoms with Crippen LogP contribution in [0.4, 0.5) is 0 Å². The predicted molar refractivity (Wildman–Crippen MR) is 102 cm³/mol. The van der Waals surface area contributed by atoms with Gasteiger partial charge in [-0.25, -0.2) is 0 Å². The zero-order valence-electron chi connectivity index (χ0n) is 15.9. The summed E-state index contributed by atoms with van der Waals surface area (Å²) in [5.74, 6) is 0.274. The summed E-state index contributed by atoms with van der Waals surface area (Å²) >= 11 is 0. The van der Waals surface area contributed by atoms with Crippen LogP contribution < -0.4 is 0 Å². The monoisotopic (exact) mass is 344 g/mol. The first-order chi connectivity index (χ1) is 12.0. The first-order valence-electron chi connectivity index (χ1n) is 9.46. The van der Waals surface area contributed by atoms with Crippen LogP contribution in [-0.2, 0) is 4.79 Å². The van der Waals surface area contributed by atoms with Crippen LogP contribution in [0, 0.1) is 0 Å². The van der Waals surface area contributed by atoms with Crippen LogP contribution in [0.2, 0.25) is 0 Å². The molecular weight excluding hydrogens is 312 g/mol. The van der Waals surface area contributed by atoms with E-state index in [9.17, 15) is 4.79 Å². The summed E-state index contributed by atoms with van der Waals surface area (Å²) in [6, 6.07) is 11.4. The summed E-state index contributed by atoms with van der Waals surface area (Å²) in [7, 11) is 6.44. The minimum Gasteiger partial charge on any atom is -0.338 e. The van der Waals surface area contributed by atoms with Crippen molar-refractivity contribution in [1.82, 2.24) is 19.6 Å². The van der Waals surface area contributed by atoms with E-state index in [4.69, 9.17) is 0 Å². The average molecular weight is 345 g/mol. The third-order valence-electron chi connectivity index (χ3n) is 5.88. The van der Waals surface area contributed by atoms with Gasteiger partial charge in [0.1, 0.15) is 0 Å². The fourth-order valence-corrected chi connectivity index (χ4v) is 4.01. The lowest BCUT2D eigenvalue weighted by molar-refractivity contribution is -0.135. The van der Waals surface area contributed by atoms with Crippen LogP contribution in [0.15, 0.2) is 30.3 Å². The van der Waals surface area contributed by atoms with Crippen molar-refractivity contribution in [1.29, 1.82) is 0 Å². The number of carbonyl (C=O) groups is 1. The van der Waals surface area contributed by atoms with E-state index in [0.717, 1.165) is 45.6 Å². The second-order valence-corrected chi connectivity index (χ2v) is 7.70. The molecule has 0 N–H and O–H groups in total. The molecule has 1 atom stereocenters. The van der Waals surface area contributed by atoms with Gasteiger partial charge < -0.3 is 9.80 Å². The molecule has 1 amide bonds. The highest BCUT2D eigenvalue weighted by Gasteiger charge is 2.30. The van der Waals surface area contributed by atoms with Crippen molar-refractivity contribution < 1.29 is 4.79 Å². The molecule has 2 fully saturated rings. The quantitative estimate of drug-likeness (QED) is 0.829. The zero-order valence-corrected chi connectivity index (χ0v) is 15.9. The van der Waals surface area contributed by atoms with Crippen LogP contribution in [0.1, 0.15) is 24.4 Å². The molecule has 0 aliphatic carbocycles. The summed E-state index contributed by atoms with van der Waals surface area (Å²) in [5.41, 5.74) is 1.30. The van der Waals surface area contributed by atoms with Crippen LogP contribution in [0.5, 0.6) is 0 Å². The molecule has 2 heterocycles. The second kappa shape index (κ2) is 8.30. The number of likely N-dealkylation sites (N-methyl/N-ethyl adjacent to an activating group) is 2. The van der Waals surface area contributed by atoms with Gasteiger partial charge in [-0.15, -0.1) is 0 Å². The standard InChI is InChI=1S/C20H32N4O/c1-21-11-9-18(10-12-21)23(3)16-20(25)24-14-13-22(2)19(15-24)17-7-5-4-6-8-17/h4-8,18-19H,9-16H2,1-3H3. The van der Waals surface area contributed by atoms with Crippen LogP contribution in [-0.4, -0.2) is 92.0 Å². The lowest BCUT2D eigenvalue weighted by Crippen LogP contribution is -2.52. The first-order valence-corrected chi connectivity index (χ1v) is 9.46. The zero-order chi connectivity index (χ0) is 17.8. The highest BCUT2D eigenvalue weighted by molar-refractivity contribution is 5.78. The number of likely N-dealkylation sites (tertiary alicyclic amines) is 1. The Morgan fingerprint density at radius 1 is 1.08 bits per heavy atom. The van der Waals surface area contributed by atoms with E-state index in [2.05, 4.69) is 65.0 Å². The van der Waals surface area contributed by atoms with E-state index in [-0.39, 0.29) is 5.91 Å². The fraction of sp³-hybridized carbons (Fsp3) is 0.650. The maximum atomic E-state index is 12.9. The average Bonchev–Trinajstić information content (AvgIpc) is 2.63. The van der Waals surface area contributed by atoms with Crippen molar-refractivity contribution in [3.63, 3.8) is 0 Å². The Balaban J connectivity index is 1.56. The molecule has 0 spiro atoms. The van der Waals surface area contributed by atoms with Crippen LogP contribution in [0.3, 0.4) is 0 Å². The van der Waals surface area contributed by atoms with E-state index in [0.29, 0.717) is 18.6 Å². The normalized spacial score (nSPS) is 24.0. The number of rotatable bonds is 4. The first kappa shape index (κ1) is 18.4. The van der Waals surface area contributed by atoms with Gasteiger partial charge in [0.2, 0.25) is 5.91 Å². The number of piperidine rings is 1.